The third kappa shape index (κ3) is 2.99. The van der Waals surface area contributed by atoms with Crippen molar-refractivity contribution in [3.63, 3.8) is 0 Å². The van der Waals surface area contributed by atoms with Crippen LogP contribution < -0.4 is 0 Å². The normalized spacial score (nSPS) is 12.5. The fraction of sp³-hybridized carbons (Fsp3) is 0.462. The third-order valence-corrected chi connectivity index (χ3v) is 2.67. The van der Waals surface area contributed by atoms with E-state index in [1.807, 2.05) is 0 Å². The highest BCUT2D eigenvalue weighted by molar-refractivity contribution is 5.78. The van der Waals surface area contributed by atoms with Gasteiger partial charge in [-0.1, -0.05) is 36.8 Å². The lowest BCUT2D eigenvalue weighted by molar-refractivity contribution is -0.120. The van der Waals surface area contributed by atoms with E-state index in [0.717, 1.165) is 12.8 Å². The van der Waals surface area contributed by atoms with Crippen molar-refractivity contribution in [1.82, 2.24) is 0 Å². The van der Waals surface area contributed by atoms with Crippen LogP contribution in [-0.2, 0) is 11.2 Å². The van der Waals surface area contributed by atoms with Crippen molar-refractivity contribution in [2.75, 3.05) is 0 Å². The number of benzene rings is 1. The quantitative estimate of drug-likeness (QED) is 0.712. The molecule has 0 amide bonds. The van der Waals surface area contributed by atoms with Crippen LogP contribution in [0.3, 0.4) is 0 Å². The molecule has 0 fully saturated rings. The smallest absolute Gasteiger partial charge is 0.133 e. The fourth-order valence-electron chi connectivity index (χ4n) is 1.58. The molecule has 0 aliphatic heterocycles. The Balaban J connectivity index is 2.67. The van der Waals surface area contributed by atoms with Crippen molar-refractivity contribution >= 4 is 5.78 Å². The van der Waals surface area contributed by atoms with Crippen LogP contribution in [0.2, 0.25) is 0 Å². The number of hydrogen-bond acceptors (Lipinski definition) is 1. The lowest BCUT2D eigenvalue weighted by Gasteiger charge is -2.10. The van der Waals surface area contributed by atoms with E-state index in [1.165, 1.54) is 11.1 Å². The first kappa shape index (κ1) is 11.0. The summed E-state index contributed by atoms with van der Waals surface area (Å²) in [6.45, 7) is 5.83. The Hall–Kier alpha value is -1.11. The highest BCUT2D eigenvalue weighted by atomic mass is 16.1. The first-order chi connectivity index (χ1) is 6.63. The monoisotopic (exact) mass is 190 g/mol. The van der Waals surface area contributed by atoms with Gasteiger partial charge >= 0.3 is 0 Å². The van der Waals surface area contributed by atoms with E-state index in [1.54, 1.807) is 6.92 Å². The number of ketones is 1. The minimum Gasteiger partial charge on any atom is -0.300 e. The van der Waals surface area contributed by atoms with E-state index in [9.17, 15) is 4.79 Å². The van der Waals surface area contributed by atoms with Crippen LogP contribution in [0, 0.1) is 12.8 Å². The van der Waals surface area contributed by atoms with Gasteiger partial charge in [-0.2, -0.15) is 0 Å². The van der Waals surface area contributed by atoms with Crippen LogP contribution in [0.15, 0.2) is 24.3 Å². The maximum atomic E-state index is 11.2. The van der Waals surface area contributed by atoms with Crippen molar-refractivity contribution in [1.29, 1.82) is 0 Å². The van der Waals surface area contributed by atoms with Gasteiger partial charge in [-0.25, -0.2) is 0 Å². The minimum atomic E-state index is 0.192. The number of carbonyl (C=O) groups is 1. The molecular formula is C13H18O. The predicted molar refractivity (Wildman–Crippen MR) is 59.3 cm³/mol. The van der Waals surface area contributed by atoms with E-state index < -0.39 is 0 Å². The largest absolute Gasteiger partial charge is 0.300 e. The molecule has 0 N–H and O–H groups in total. The van der Waals surface area contributed by atoms with Crippen molar-refractivity contribution < 1.29 is 4.79 Å². The molecule has 0 saturated carbocycles. The number of Topliss-reactive ketones (excluding diaryl/α,β-unsaturated/α-hetero) is 1. The zero-order chi connectivity index (χ0) is 10.6. The molecule has 1 aromatic rings. The van der Waals surface area contributed by atoms with Crippen LogP contribution in [0.25, 0.3) is 0 Å². The Morgan fingerprint density at radius 2 is 1.86 bits per heavy atom. The molecule has 1 heteroatoms. The van der Waals surface area contributed by atoms with Gasteiger partial charge in [0.2, 0.25) is 0 Å². The first-order valence-corrected chi connectivity index (χ1v) is 5.19. The molecule has 0 spiro atoms. The summed E-state index contributed by atoms with van der Waals surface area (Å²) in [5.74, 6) is 0.491. The van der Waals surface area contributed by atoms with Crippen molar-refractivity contribution in [2.24, 2.45) is 5.92 Å². The van der Waals surface area contributed by atoms with Gasteiger partial charge in [0.15, 0.2) is 0 Å². The van der Waals surface area contributed by atoms with Crippen molar-refractivity contribution in [3.05, 3.63) is 35.4 Å². The second kappa shape index (κ2) is 4.94. The van der Waals surface area contributed by atoms with Crippen LogP contribution in [-0.4, -0.2) is 5.78 Å². The molecule has 0 heterocycles. The molecule has 0 aliphatic carbocycles. The summed E-state index contributed by atoms with van der Waals surface area (Å²) in [4.78, 5) is 11.2. The molecule has 1 aromatic carbocycles. The summed E-state index contributed by atoms with van der Waals surface area (Å²) >= 11 is 0. The van der Waals surface area contributed by atoms with Gasteiger partial charge in [-0.3, -0.25) is 4.79 Å². The van der Waals surface area contributed by atoms with Gasteiger partial charge < -0.3 is 0 Å². The third-order valence-electron chi connectivity index (χ3n) is 2.67. The summed E-state index contributed by atoms with van der Waals surface area (Å²) in [6.07, 6.45) is 1.81. The maximum absolute atomic E-state index is 11.2. The summed E-state index contributed by atoms with van der Waals surface area (Å²) in [7, 11) is 0. The first-order valence-electron chi connectivity index (χ1n) is 5.19. The van der Waals surface area contributed by atoms with Gasteiger partial charge in [-0.05, 0) is 32.3 Å². The van der Waals surface area contributed by atoms with Gasteiger partial charge in [0.05, 0.1) is 0 Å². The van der Waals surface area contributed by atoms with E-state index in [2.05, 4.69) is 38.1 Å². The summed E-state index contributed by atoms with van der Waals surface area (Å²) < 4.78 is 0. The van der Waals surface area contributed by atoms with Gasteiger partial charge in [0.1, 0.15) is 5.78 Å². The SMILES string of the molecule is CC[C@@H](Cc1ccc(C)cc1)C(C)=O. The standard InChI is InChI=1S/C13H18O/c1-4-13(11(3)14)9-12-7-5-10(2)6-8-12/h5-8,13H,4,9H2,1-3H3/t13-/m0/s1. The van der Waals surface area contributed by atoms with Crippen molar-refractivity contribution in [2.45, 2.75) is 33.6 Å². The summed E-state index contributed by atoms with van der Waals surface area (Å²) in [5, 5.41) is 0. The van der Waals surface area contributed by atoms with Gasteiger partial charge in [0, 0.05) is 5.92 Å². The highest BCUT2D eigenvalue weighted by Gasteiger charge is 2.11. The van der Waals surface area contributed by atoms with Crippen LogP contribution >= 0.6 is 0 Å². The summed E-state index contributed by atoms with van der Waals surface area (Å²) in [5.41, 5.74) is 2.53. The Morgan fingerprint density at radius 3 is 2.29 bits per heavy atom. The van der Waals surface area contributed by atoms with Crippen LogP contribution in [0.5, 0.6) is 0 Å². The molecule has 0 aliphatic rings. The predicted octanol–water partition coefficient (Wildman–Crippen LogP) is 3.15. The Kier molecular flexibility index (Phi) is 3.87. The molecule has 0 radical (unpaired) electrons. The van der Waals surface area contributed by atoms with Gasteiger partial charge in [-0.15, -0.1) is 0 Å². The maximum Gasteiger partial charge on any atom is 0.133 e. The van der Waals surface area contributed by atoms with E-state index in [4.69, 9.17) is 0 Å². The van der Waals surface area contributed by atoms with Crippen molar-refractivity contribution in [3.8, 4) is 0 Å². The molecule has 14 heavy (non-hydrogen) atoms. The van der Waals surface area contributed by atoms with E-state index >= 15 is 0 Å². The molecule has 76 valence electrons. The Bertz CT molecular complexity index is 298. The lowest BCUT2D eigenvalue weighted by atomic mass is 9.93. The molecule has 0 bridgehead atoms. The lowest BCUT2D eigenvalue weighted by Crippen LogP contribution is -2.12. The number of carbonyl (C=O) groups excluding carboxylic acids is 1. The van der Waals surface area contributed by atoms with Crippen LogP contribution in [0.4, 0.5) is 0 Å². The molecule has 0 saturated heterocycles. The topological polar surface area (TPSA) is 17.1 Å². The van der Waals surface area contributed by atoms with E-state index in [0.29, 0.717) is 5.78 Å². The molecular weight excluding hydrogens is 172 g/mol. The second-order valence-corrected chi connectivity index (χ2v) is 3.91. The second-order valence-electron chi connectivity index (χ2n) is 3.91. The molecule has 1 rings (SSSR count). The molecule has 0 aromatic heterocycles. The van der Waals surface area contributed by atoms with Gasteiger partial charge in [0.25, 0.3) is 0 Å². The number of aryl methyl sites for hydroxylation is 1. The Morgan fingerprint density at radius 1 is 1.29 bits per heavy atom. The molecule has 1 atom stereocenters. The van der Waals surface area contributed by atoms with Crippen LogP contribution in [0.1, 0.15) is 31.4 Å². The minimum absolute atomic E-state index is 0.192. The molecule has 1 nitrogen and oxygen atoms in total. The number of hydrogen-bond donors (Lipinski definition) is 0. The number of rotatable bonds is 4. The zero-order valence-electron chi connectivity index (χ0n) is 9.21. The Labute approximate surface area is 86.1 Å². The highest BCUT2D eigenvalue weighted by Crippen LogP contribution is 2.13. The zero-order valence-corrected chi connectivity index (χ0v) is 9.21. The average Bonchev–Trinajstić information content (AvgIpc) is 2.16. The average molecular weight is 190 g/mol. The summed E-state index contributed by atoms with van der Waals surface area (Å²) in [6, 6.07) is 8.42. The fourth-order valence-corrected chi connectivity index (χ4v) is 1.58. The van der Waals surface area contributed by atoms with E-state index in [-0.39, 0.29) is 5.92 Å². The molecule has 0 unspecified atom stereocenters.